The molecule has 4 aromatic rings. The van der Waals surface area contributed by atoms with Crippen LogP contribution in [0.4, 0.5) is 0 Å². The van der Waals surface area contributed by atoms with Crippen LogP contribution in [-0.4, -0.2) is 41.2 Å². The number of methoxy groups -OCH3 is 1. The quantitative estimate of drug-likeness (QED) is 0.360. The Morgan fingerprint density at radius 3 is 2.50 bits per heavy atom. The molecular weight excluding hydrogens is 418 g/mol. The normalized spacial score (nSPS) is 11.4. The summed E-state index contributed by atoms with van der Waals surface area (Å²) in [6, 6.07) is 16.1. The van der Waals surface area contributed by atoms with Gasteiger partial charge in [0.2, 0.25) is 0 Å². The highest BCUT2D eigenvalue weighted by molar-refractivity contribution is 7.17. The van der Waals surface area contributed by atoms with E-state index in [-0.39, 0.29) is 5.56 Å². The van der Waals surface area contributed by atoms with Gasteiger partial charge in [0.25, 0.3) is 5.56 Å². The second-order valence-corrected chi connectivity index (χ2v) is 8.70. The molecule has 0 atom stereocenters. The molecule has 0 aliphatic rings. The summed E-state index contributed by atoms with van der Waals surface area (Å²) in [7, 11) is 1.65. The highest BCUT2D eigenvalue weighted by Crippen LogP contribution is 2.33. The third-order valence-corrected chi connectivity index (χ3v) is 6.79. The van der Waals surface area contributed by atoms with Crippen molar-refractivity contribution in [1.29, 1.82) is 0 Å². The predicted molar refractivity (Wildman–Crippen MR) is 134 cm³/mol. The summed E-state index contributed by atoms with van der Waals surface area (Å²) < 4.78 is 7.24. The fraction of sp³-hybridized carbons (Fsp3) is 0.308. The third-order valence-electron chi connectivity index (χ3n) is 5.92. The number of aromatic nitrogens is 2. The van der Waals surface area contributed by atoms with Gasteiger partial charge in [-0.2, -0.15) is 0 Å². The Hall–Kier alpha value is -2.96. The maximum absolute atomic E-state index is 13.9. The van der Waals surface area contributed by atoms with E-state index in [9.17, 15) is 4.79 Å². The second kappa shape index (κ2) is 9.67. The summed E-state index contributed by atoms with van der Waals surface area (Å²) >= 11 is 1.51. The number of benzene rings is 2. The number of likely N-dealkylation sites (N-methyl/N-ethyl adjacent to an activating group) is 1. The average Bonchev–Trinajstić information content (AvgIpc) is 3.26. The zero-order chi connectivity index (χ0) is 22.7. The van der Waals surface area contributed by atoms with Crippen molar-refractivity contribution in [3.63, 3.8) is 0 Å². The molecule has 0 spiro atoms. The standard InChI is InChI=1S/C26H29N3O2S/c1-5-28(6-2)14-15-29-24(19-12-10-18(3)11-13-19)27-25-23(26(29)30)22(17-32-25)20-8-7-9-21(16-20)31-4/h7-13,16-17H,5-6,14-15H2,1-4H3. The van der Waals surface area contributed by atoms with Gasteiger partial charge in [-0.1, -0.05) is 55.8 Å². The molecule has 32 heavy (non-hydrogen) atoms. The van der Waals surface area contributed by atoms with E-state index < -0.39 is 0 Å². The molecule has 0 saturated carbocycles. The Morgan fingerprint density at radius 1 is 1.06 bits per heavy atom. The lowest BCUT2D eigenvalue weighted by Gasteiger charge is -2.20. The van der Waals surface area contributed by atoms with Crippen molar-refractivity contribution in [3.05, 3.63) is 69.8 Å². The first-order valence-corrected chi connectivity index (χ1v) is 11.9. The fourth-order valence-corrected chi connectivity index (χ4v) is 4.88. The first kappa shape index (κ1) is 22.2. The molecule has 0 saturated heterocycles. The first-order valence-electron chi connectivity index (χ1n) is 11.0. The van der Waals surface area contributed by atoms with Crippen molar-refractivity contribution >= 4 is 21.6 Å². The first-order chi connectivity index (χ1) is 15.5. The molecule has 0 N–H and O–H groups in total. The molecule has 0 fully saturated rings. The number of hydrogen-bond donors (Lipinski definition) is 0. The van der Waals surface area contributed by atoms with Gasteiger partial charge in [-0.3, -0.25) is 9.36 Å². The van der Waals surface area contributed by atoms with Gasteiger partial charge in [0, 0.05) is 29.6 Å². The van der Waals surface area contributed by atoms with Crippen LogP contribution in [0, 0.1) is 6.92 Å². The number of fused-ring (bicyclic) bond motifs is 1. The molecule has 2 aromatic carbocycles. The van der Waals surface area contributed by atoms with Crippen LogP contribution in [0.15, 0.2) is 58.7 Å². The topological polar surface area (TPSA) is 47.4 Å². The summed E-state index contributed by atoms with van der Waals surface area (Å²) in [4.78, 5) is 21.9. The van der Waals surface area contributed by atoms with Crippen LogP contribution < -0.4 is 10.3 Å². The van der Waals surface area contributed by atoms with Gasteiger partial charge < -0.3 is 9.64 Å². The van der Waals surface area contributed by atoms with E-state index in [1.165, 1.54) is 16.9 Å². The zero-order valence-corrected chi connectivity index (χ0v) is 19.9. The van der Waals surface area contributed by atoms with E-state index in [1.54, 1.807) is 7.11 Å². The van der Waals surface area contributed by atoms with Crippen LogP contribution in [0.1, 0.15) is 19.4 Å². The van der Waals surface area contributed by atoms with Gasteiger partial charge in [-0.05, 0) is 37.7 Å². The molecule has 5 nitrogen and oxygen atoms in total. The third kappa shape index (κ3) is 4.33. The monoisotopic (exact) mass is 447 g/mol. The molecule has 0 bridgehead atoms. The number of ether oxygens (including phenoxy) is 1. The van der Waals surface area contributed by atoms with Crippen molar-refractivity contribution in [2.45, 2.75) is 27.3 Å². The van der Waals surface area contributed by atoms with E-state index in [2.05, 4.69) is 37.8 Å². The van der Waals surface area contributed by atoms with E-state index in [4.69, 9.17) is 9.72 Å². The molecule has 0 unspecified atom stereocenters. The van der Waals surface area contributed by atoms with Gasteiger partial charge in [0.1, 0.15) is 16.4 Å². The predicted octanol–water partition coefficient (Wildman–Crippen LogP) is 5.45. The molecule has 0 aliphatic heterocycles. The molecule has 166 valence electrons. The fourth-order valence-electron chi connectivity index (χ4n) is 3.94. The Labute approximate surface area is 192 Å². The van der Waals surface area contributed by atoms with E-state index >= 15 is 0 Å². The molecule has 0 amide bonds. The van der Waals surface area contributed by atoms with Gasteiger partial charge in [-0.25, -0.2) is 4.98 Å². The lowest BCUT2D eigenvalue weighted by molar-refractivity contribution is 0.289. The van der Waals surface area contributed by atoms with Crippen LogP contribution in [0.25, 0.3) is 32.7 Å². The summed E-state index contributed by atoms with van der Waals surface area (Å²) in [6.07, 6.45) is 0. The lowest BCUT2D eigenvalue weighted by Crippen LogP contribution is -2.32. The van der Waals surface area contributed by atoms with Crippen LogP contribution in [-0.2, 0) is 6.54 Å². The summed E-state index contributed by atoms with van der Waals surface area (Å²) in [5, 5.41) is 2.71. The molecule has 2 heterocycles. The minimum atomic E-state index is 0.0109. The number of nitrogens with zero attached hydrogens (tertiary/aromatic N) is 3. The number of aryl methyl sites for hydroxylation is 1. The van der Waals surface area contributed by atoms with E-state index in [0.717, 1.165) is 52.7 Å². The average molecular weight is 448 g/mol. The number of hydrogen-bond acceptors (Lipinski definition) is 5. The highest BCUT2D eigenvalue weighted by atomic mass is 32.1. The van der Waals surface area contributed by atoms with Gasteiger partial charge in [0.15, 0.2) is 0 Å². The molecule has 2 aromatic heterocycles. The van der Waals surface area contributed by atoms with E-state index in [1.807, 2.05) is 46.3 Å². The van der Waals surface area contributed by atoms with Crippen molar-refractivity contribution in [3.8, 4) is 28.3 Å². The van der Waals surface area contributed by atoms with Crippen LogP contribution in [0.2, 0.25) is 0 Å². The highest BCUT2D eigenvalue weighted by Gasteiger charge is 2.19. The minimum Gasteiger partial charge on any atom is -0.497 e. The molecule has 6 heteroatoms. The van der Waals surface area contributed by atoms with Gasteiger partial charge in [-0.15, -0.1) is 11.3 Å². The summed E-state index contributed by atoms with van der Waals surface area (Å²) in [6.45, 7) is 9.66. The second-order valence-electron chi connectivity index (χ2n) is 7.85. The van der Waals surface area contributed by atoms with Crippen LogP contribution in [0.3, 0.4) is 0 Å². The van der Waals surface area contributed by atoms with Crippen molar-refractivity contribution in [2.75, 3.05) is 26.7 Å². The minimum absolute atomic E-state index is 0.0109. The Morgan fingerprint density at radius 2 is 1.81 bits per heavy atom. The molecule has 4 rings (SSSR count). The van der Waals surface area contributed by atoms with Crippen molar-refractivity contribution in [1.82, 2.24) is 14.5 Å². The number of thiophene rings is 1. The Kier molecular flexibility index (Phi) is 6.72. The largest absolute Gasteiger partial charge is 0.497 e. The maximum atomic E-state index is 13.9. The summed E-state index contributed by atoms with van der Waals surface area (Å²) in [5.74, 6) is 1.50. The van der Waals surface area contributed by atoms with Gasteiger partial charge >= 0.3 is 0 Å². The number of rotatable bonds is 8. The smallest absolute Gasteiger partial charge is 0.263 e. The molecule has 0 radical (unpaired) electrons. The van der Waals surface area contributed by atoms with Crippen molar-refractivity contribution < 1.29 is 4.74 Å². The van der Waals surface area contributed by atoms with Gasteiger partial charge in [0.05, 0.1) is 12.5 Å². The zero-order valence-electron chi connectivity index (χ0n) is 19.1. The lowest BCUT2D eigenvalue weighted by atomic mass is 10.1. The SMILES string of the molecule is CCN(CC)CCn1c(-c2ccc(C)cc2)nc2scc(-c3cccc(OC)c3)c2c1=O. The Bertz CT molecular complexity index is 1270. The maximum Gasteiger partial charge on any atom is 0.263 e. The summed E-state index contributed by atoms with van der Waals surface area (Å²) in [5.41, 5.74) is 4.03. The Balaban J connectivity index is 1.90. The van der Waals surface area contributed by atoms with E-state index in [0.29, 0.717) is 11.9 Å². The molecular formula is C26H29N3O2S. The molecule has 0 aliphatic carbocycles. The van der Waals surface area contributed by atoms with Crippen LogP contribution >= 0.6 is 11.3 Å². The van der Waals surface area contributed by atoms with Crippen LogP contribution in [0.5, 0.6) is 5.75 Å². The van der Waals surface area contributed by atoms with Crippen molar-refractivity contribution in [2.24, 2.45) is 0 Å².